The second kappa shape index (κ2) is 7.21. The van der Waals surface area contributed by atoms with Gasteiger partial charge in [-0.1, -0.05) is 53.2 Å². The molecule has 0 aliphatic heterocycles. The van der Waals surface area contributed by atoms with Crippen LogP contribution in [0, 0.1) is 6.92 Å². The molecule has 0 saturated heterocycles. The molecular weight excluding hydrogens is 316 g/mol. The van der Waals surface area contributed by atoms with Gasteiger partial charge in [0.05, 0.1) is 14.2 Å². The fourth-order valence-electron chi connectivity index (χ4n) is 2.92. The summed E-state index contributed by atoms with van der Waals surface area (Å²) in [6, 6.07) is 15.4. The summed E-state index contributed by atoms with van der Waals surface area (Å²) in [4.78, 5) is 12.7. The Bertz CT molecular complexity index is 975. The van der Waals surface area contributed by atoms with Gasteiger partial charge in [0.2, 0.25) is 0 Å². The van der Waals surface area contributed by atoms with Crippen LogP contribution in [0.5, 0.6) is 0 Å². The number of fused-ring (bicyclic) bond motifs is 1. The molecule has 2 aromatic carbocycles. The van der Waals surface area contributed by atoms with Crippen LogP contribution in [0.15, 0.2) is 53.7 Å². The minimum atomic E-state index is -0.542. The summed E-state index contributed by atoms with van der Waals surface area (Å²) in [5.74, 6) is -0.542. The van der Waals surface area contributed by atoms with E-state index in [2.05, 4.69) is 5.16 Å². The first-order chi connectivity index (χ1) is 12.6. The molecule has 0 bridgehead atoms. The second-order valence-electron chi connectivity index (χ2n) is 5.74. The van der Waals surface area contributed by atoms with Crippen molar-refractivity contribution in [3.8, 4) is 0 Å². The lowest BCUT2D eigenvalue weighted by Gasteiger charge is -2.11. The highest BCUT2D eigenvalue weighted by atomic mass is 16.5. The third kappa shape index (κ3) is 3.26. The fourth-order valence-corrected chi connectivity index (χ4v) is 2.92. The van der Waals surface area contributed by atoms with Crippen molar-refractivity contribution in [3.05, 3.63) is 70.9 Å². The van der Waals surface area contributed by atoms with E-state index >= 15 is 0 Å². The smallest absolute Gasteiger partial charge is 0.355 e. The summed E-state index contributed by atoms with van der Waals surface area (Å²) in [6.45, 7) is 4.40. The van der Waals surface area contributed by atoms with Gasteiger partial charge in [-0.3, -0.25) is 0 Å². The molecule has 1 N–H and O–H groups in total. The molecule has 0 fully saturated rings. The van der Waals surface area contributed by atoms with Gasteiger partial charge in [0.15, 0.2) is 0 Å². The fraction of sp³-hybridized carbons (Fsp3) is 0.200. The van der Waals surface area contributed by atoms with Crippen molar-refractivity contribution in [2.45, 2.75) is 20.4 Å². The number of oxime groups is 1. The zero-order chi connectivity index (χ0) is 18.7. The summed E-state index contributed by atoms with van der Waals surface area (Å²) in [5, 5.41) is 12.8. The molecule has 3 rings (SSSR count). The molecular formula is C20H20N2O3. The molecule has 128 valence electrons. The van der Waals surface area contributed by atoms with Crippen molar-refractivity contribution in [3.63, 3.8) is 0 Å². The van der Waals surface area contributed by atoms with Gasteiger partial charge in [0, 0.05) is 23.0 Å². The SMILES string of the molecule is [2H]/C(=N\O)c1c(C(=O)OCC)n(Cc2ccc(C)cc2)c2ccccc12. The number of aryl methyl sites for hydroxylation is 1. The first-order valence-corrected chi connectivity index (χ1v) is 8.09. The minimum absolute atomic E-state index is 0.216. The molecule has 0 saturated carbocycles. The molecule has 0 amide bonds. The lowest BCUT2D eigenvalue weighted by Crippen LogP contribution is -2.15. The Kier molecular flexibility index (Phi) is 4.46. The van der Waals surface area contributed by atoms with E-state index in [0.29, 0.717) is 11.9 Å². The Hall–Kier alpha value is -3.08. The molecule has 25 heavy (non-hydrogen) atoms. The number of ether oxygens (including phenoxy) is 1. The van der Waals surface area contributed by atoms with Gasteiger partial charge in [-0.05, 0) is 25.5 Å². The largest absolute Gasteiger partial charge is 0.461 e. The van der Waals surface area contributed by atoms with E-state index in [-0.39, 0.29) is 24.1 Å². The van der Waals surface area contributed by atoms with Crippen LogP contribution >= 0.6 is 0 Å². The number of rotatable bonds is 5. The minimum Gasteiger partial charge on any atom is -0.461 e. The van der Waals surface area contributed by atoms with Crippen molar-refractivity contribution in [1.82, 2.24) is 4.57 Å². The van der Waals surface area contributed by atoms with E-state index in [9.17, 15) is 4.79 Å². The van der Waals surface area contributed by atoms with E-state index in [4.69, 9.17) is 11.3 Å². The first-order valence-electron chi connectivity index (χ1n) is 8.59. The number of esters is 1. The summed E-state index contributed by atoms with van der Waals surface area (Å²) in [6.07, 6.45) is -0.369. The molecule has 0 aliphatic rings. The summed E-state index contributed by atoms with van der Waals surface area (Å²) in [7, 11) is 0. The van der Waals surface area contributed by atoms with E-state index in [1.165, 1.54) is 0 Å². The maximum atomic E-state index is 12.7. The Morgan fingerprint density at radius 1 is 1.28 bits per heavy atom. The molecule has 1 heterocycles. The Labute approximate surface area is 147 Å². The van der Waals surface area contributed by atoms with Gasteiger partial charge in [-0.2, -0.15) is 0 Å². The zero-order valence-corrected chi connectivity index (χ0v) is 14.2. The second-order valence-corrected chi connectivity index (χ2v) is 5.74. The monoisotopic (exact) mass is 337 g/mol. The molecule has 5 heteroatoms. The predicted molar refractivity (Wildman–Crippen MR) is 97.6 cm³/mol. The van der Waals surface area contributed by atoms with Gasteiger partial charge < -0.3 is 14.5 Å². The number of carbonyl (C=O) groups is 1. The van der Waals surface area contributed by atoms with E-state index < -0.39 is 5.97 Å². The van der Waals surface area contributed by atoms with E-state index in [1.807, 2.05) is 54.0 Å². The van der Waals surface area contributed by atoms with Crippen LogP contribution in [-0.2, 0) is 11.3 Å². The number of hydrogen-bond donors (Lipinski definition) is 1. The number of nitrogens with zero attached hydrogens (tertiary/aromatic N) is 2. The Morgan fingerprint density at radius 3 is 2.68 bits per heavy atom. The number of aromatic nitrogens is 1. The average Bonchev–Trinajstić information content (AvgIpc) is 2.97. The molecule has 0 radical (unpaired) electrons. The van der Waals surface area contributed by atoms with Gasteiger partial charge >= 0.3 is 5.97 Å². The van der Waals surface area contributed by atoms with Crippen LogP contribution in [-0.4, -0.2) is 28.5 Å². The van der Waals surface area contributed by atoms with Crippen LogP contribution in [0.3, 0.4) is 0 Å². The van der Waals surface area contributed by atoms with Crippen molar-refractivity contribution in [1.29, 1.82) is 0 Å². The van der Waals surface area contributed by atoms with Crippen LogP contribution in [0.25, 0.3) is 10.9 Å². The van der Waals surface area contributed by atoms with Crippen molar-refractivity contribution in [2.24, 2.45) is 5.16 Å². The lowest BCUT2D eigenvalue weighted by molar-refractivity contribution is 0.0515. The van der Waals surface area contributed by atoms with Crippen molar-refractivity contribution >= 4 is 23.1 Å². The standard InChI is InChI=1S/C20H20N2O3/c1-3-25-20(23)19-17(12-21-24)16-6-4-5-7-18(16)22(19)13-15-10-8-14(2)9-11-15/h4-12,24H,3,13H2,1-2H3/b21-12+/i12D. The number of hydrogen-bond acceptors (Lipinski definition) is 4. The van der Waals surface area contributed by atoms with Crippen LogP contribution < -0.4 is 0 Å². The van der Waals surface area contributed by atoms with Gasteiger partial charge in [-0.25, -0.2) is 4.79 Å². The molecule has 5 nitrogen and oxygen atoms in total. The quantitative estimate of drug-likeness (QED) is 0.331. The number of benzene rings is 2. The molecule has 3 aromatic rings. The zero-order valence-electron chi connectivity index (χ0n) is 15.2. The Balaban J connectivity index is 2.26. The van der Waals surface area contributed by atoms with Crippen LogP contribution in [0.4, 0.5) is 0 Å². The highest BCUT2D eigenvalue weighted by molar-refractivity contribution is 6.09. The molecule has 0 unspecified atom stereocenters. The molecule has 0 atom stereocenters. The maximum absolute atomic E-state index is 12.7. The van der Waals surface area contributed by atoms with Gasteiger partial charge in [0.1, 0.15) is 5.69 Å². The highest BCUT2D eigenvalue weighted by Gasteiger charge is 2.23. The van der Waals surface area contributed by atoms with Crippen molar-refractivity contribution < 1.29 is 16.1 Å². The predicted octanol–water partition coefficient (Wildman–Crippen LogP) is 3.98. The molecule has 0 spiro atoms. The number of para-hydroxylation sites is 1. The third-order valence-electron chi connectivity index (χ3n) is 4.06. The highest BCUT2D eigenvalue weighted by Crippen LogP contribution is 2.27. The number of carbonyl (C=O) groups excluding carboxylic acids is 1. The molecule has 1 aromatic heterocycles. The summed E-state index contributed by atoms with van der Waals surface area (Å²) in [5.41, 5.74) is 3.43. The Morgan fingerprint density at radius 2 is 2.00 bits per heavy atom. The van der Waals surface area contributed by atoms with Crippen LogP contribution in [0.1, 0.15) is 35.5 Å². The average molecular weight is 337 g/mol. The van der Waals surface area contributed by atoms with Gasteiger partial charge in [-0.15, -0.1) is 0 Å². The lowest BCUT2D eigenvalue weighted by atomic mass is 10.1. The normalized spacial score (nSPS) is 12.2. The van der Waals surface area contributed by atoms with Gasteiger partial charge in [0.25, 0.3) is 0 Å². The third-order valence-corrected chi connectivity index (χ3v) is 4.06. The van der Waals surface area contributed by atoms with Crippen LogP contribution in [0.2, 0.25) is 0 Å². The molecule has 0 aliphatic carbocycles. The van der Waals surface area contributed by atoms with E-state index in [1.54, 1.807) is 13.0 Å². The first kappa shape index (κ1) is 15.4. The summed E-state index contributed by atoms with van der Waals surface area (Å²) >= 11 is 0. The summed E-state index contributed by atoms with van der Waals surface area (Å²) < 4.78 is 15.0. The maximum Gasteiger partial charge on any atom is 0.355 e. The topological polar surface area (TPSA) is 63.8 Å². The van der Waals surface area contributed by atoms with E-state index in [0.717, 1.165) is 16.6 Å². The van der Waals surface area contributed by atoms with Crippen molar-refractivity contribution in [2.75, 3.05) is 6.61 Å².